The Morgan fingerprint density at radius 3 is 2.03 bits per heavy atom. The Morgan fingerprint density at radius 1 is 0.944 bits per heavy atom. The van der Waals surface area contributed by atoms with Crippen LogP contribution in [0.5, 0.6) is 0 Å². The van der Waals surface area contributed by atoms with Gasteiger partial charge in [-0.2, -0.15) is 0 Å². The second-order valence-electron chi connectivity index (χ2n) is 8.77. The van der Waals surface area contributed by atoms with Gasteiger partial charge in [-0.3, -0.25) is 14.6 Å². The van der Waals surface area contributed by atoms with Crippen molar-refractivity contribution in [2.24, 2.45) is 22.2 Å². The molecule has 0 bridgehead atoms. The summed E-state index contributed by atoms with van der Waals surface area (Å²) < 4.78 is 2.12. The fourth-order valence-electron chi connectivity index (χ4n) is 4.36. The summed E-state index contributed by atoms with van der Waals surface area (Å²) >= 11 is 0. The molecule has 1 aromatic heterocycles. The van der Waals surface area contributed by atoms with Gasteiger partial charge in [0, 0.05) is 25.2 Å². The van der Waals surface area contributed by atoms with E-state index in [-0.39, 0.29) is 17.9 Å². The van der Waals surface area contributed by atoms with Gasteiger partial charge in [0.2, 0.25) is 5.91 Å². The minimum atomic E-state index is -0.873. The summed E-state index contributed by atoms with van der Waals surface area (Å²) in [6.07, 6.45) is 0.794. The van der Waals surface area contributed by atoms with Crippen LogP contribution >= 0.6 is 0 Å². The Morgan fingerprint density at radius 2 is 1.53 bits per heavy atom. The van der Waals surface area contributed by atoms with Gasteiger partial charge in [-0.15, -0.1) is 0 Å². The number of primary amides is 1. The number of rotatable bonds is 11. The molecule has 1 atom stereocenters. The molecule has 0 saturated carbocycles. The zero-order chi connectivity index (χ0) is 26.2. The number of anilines is 1. The van der Waals surface area contributed by atoms with E-state index in [1.165, 1.54) is 0 Å². The van der Waals surface area contributed by atoms with Crippen LogP contribution in [0.3, 0.4) is 0 Å². The number of aliphatic imine (C=N–C) groups is 1. The summed E-state index contributed by atoms with van der Waals surface area (Å²) in [7, 11) is 1.79. The van der Waals surface area contributed by atoms with E-state index in [0.717, 1.165) is 22.4 Å². The van der Waals surface area contributed by atoms with Gasteiger partial charge in [0.05, 0.1) is 11.3 Å². The summed E-state index contributed by atoms with van der Waals surface area (Å²) in [6, 6.07) is 18.9. The molecule has 2 amide bonds. The second kappa shape index (κ2) is 11.9. The number of carbonyl (C=O) groups is 2. The monoisotopic (exact) mass is 489 g/mol. The number of carbonyl (C=O) groups excluding carboxylic acids is 2. The van der Waals surface area contributed by atoms with Gasteiger partial charge < -0.3 is 32.4 Å². The van der Waals surface area contributed by atoms with Crippen LogP contribution in [0.4, 0.5) is 5.82 Å². The average Bonchev–Trinajstić information content (AvgIpc) is 3.22. The fraction of sp³-hybridized carbons (Fsp3) is 0.296. The lowest BCUT2D eigenvalue weighted by molar-refractivity contribution is -0.120. The minimum absolute atomic E-state index is 0.0238. The lowest BCUT2D eigenvalue weighted by atomic mass is 9.96. The normalized spacial score (nSPS) is 11.7. The first-order valence-electron chi connectivity index (χ1n) is 12.0. The highest BCUT2D eigenvalue weighted by molar-refractivity contribution is 6.10. The van der Waals surface area contributed by atoms with Crippen LogP contribution in [0.25, 0.3) is 22.4 Å². The van der Waals surface area contributed by atoms with Gasteiger partial charge in [-0.05, 0) is 37.8 Å². The second-order valence-corrected chi connectivity index (χ2v) is 8.77. The Kier molecular flexibility index (Phi) is 8.72. The molecule has 0 saturated heterocycles. The van der Waals surface area contributed by atoms with E-state index in [4.69, 9.17) is 17.2 Å². The van der Waals surface area contributed by atoms with E-state index in [1.807, 2.05) is 60.7 Å². The van der Waals surface area contributed by atoms with E-state index in [0.29, 0.717) is 30.8 Å². The third-order valence-corrected chi connectivity index (χ3v) is 5.89. The Labute approximate surface area is 211 Å². The lowest BCUT2D eigenvalue weighted by Crippen LogP contribution is -2.44. The summed E-state index contributed by atoms with van der Waals surface area (Å²) in [5.74, 6) is -0.374. The third-order valence-electron chi connectivity index (χ3n) is 5.89. The fourth-order valence-corrected chi connectivity index (χ4v) is 4.36. The zero-order valence-corrected chi connectivity index (χ0v) is 21.0. The number of hydrogen-bond donors (Lipinski definition) is 5. The topological polar surface area (TPSA) is 154 Å². The molecule has 8 N–H and O–H groups in total. The summed E-state index contributed by atoms with van der Waals surface area (Å²) in [5.41, 5.74) is 20.4. The number of nitrogens with one attached hydrogen (secondary N) is 2. The van der Waals surface area contributed by atoms with Crippen LogP contribution in [0.1, 0.15) is 43.1 Å². The molecule has 3 rings (SSSR count). The molecule has 0 radical (unpaired) electrons. The molecule has 0 aliphatic carbocycles. The van der Waals surface area contributed by atoms with Crippen molar-refractivity contribution in [2.75, 3.05) is 18.9 Å². The van der Waals surface area contributed by atoms with Crippen LogP contribution in [-0.2, 0) is 4.79 Å². The molecule has 190 valence electrons. The molecule has 9 heteroatoms. The first-order valence-corrected chi connectivity index (χ1v) is 12.0. The lowest BCUT2D eigenvalue weighted by Gasteiger charge is -2.18. The molecular formula is C27H35N7O2. The maximum atomic E-state index is 13.9. The molecule has 2 aromatic carbocycles. The third kappa shape index (κ3) is 5.86. The number of aromatic nitrogens is 1. The van der Waals surface area contributed by atoms with Crippen LogP contribution in [0.15, 0.2) is 65.7 Å². The average molecular weight is 490 g/mol. The molecule has 0 aliphatic rings. The van der Waals surface area contributed by atoms with Gasteiger partial charge in [0.25, 0.3) is 5.91 Å². The SMILES string of the molecule is CNc1c(C(=O)NC(CCCN=C(N)N)C(N)=O)c(-c2ccccc2)c(-c2ccccc2)n1C(C)C. The highest BCUT2D eigenvalue weighted by Gasteiger charge is 2.31. The first-order chi connectivity index (χ1) is 17.3. The number of amides is 2. The van der Waals surface area contributed by atoms with Crippen LogP contribution < -0.4 is 27.8 Å². The largest absolute Gasteiger partial charge is 0.374 e. The summed E-state index contributed by atoms with van der Waals surface area (Å²) in [5, 5.41) is 6.09. The molecule has 0 spiro atoms. The minimum Gasteiger partial charge on any atom is -0.374 e. The Hall–Kier alpha value is -4.27. The van der Waals surface area contributed by atoms with Crippen molar-refractivity contribution in [3.8, 4) is 22.4 Å². The summed E-state index contributed by atoms with van der Waals surface area (Å²) in [4.78, 5) is 30.0. The van der Waals surface area contributed by atoms with Crippen molar-refractivity contribution in [1.29, 1.82) is 0 Å². The maximum Gasteiger partial charge on any atom is 0.256 e. The van der Waals surface area contributed by atoms with Crippen LogP contribution in [0, 0.1) is 0 Å². The molecular weight excluding hydrogens is 454 g/mol. The predicted octanol–water partition coefficient (Wildman–Crippen LogP) is 3.08. The van der Waals surface area contributed by atoms with Gasteiger partial charge >= 0.3 is 0 Å². The predicted molar refractivity (Wildman–Crippen MR) is 146 cm³/mol. The van der Waals surface area contributed by atoms with E-state index in [9.17, 15) is 9.59 Å². The van der Waals surface area contributed by atoms with Crippen molar-refractivity contribution in [1.82, 2.24) is 9.88 Å². The quantitative estimate of drug-likeness (QED) is 0.159. The van der Waals surface area contributed by atoms with E-state index in [1.54, 1.807) is 7.05 Å². The molecule has 36 heavy (non-hydrogen) atoms. The molecule has 0 aliphatic heterocycles. The number of guanidine groups is 1. The van der Waals surface area contributed by atoms with Gasteiger partial charge in [-0.1, -0.05) is 60.7 Å². The zero-order valence-electron chi connectivity index (χ0n) is 21.0. The number of benzene rings is 2. The molecule has 3 aromatic rings. The standard InChI is InChI=1S/C27H35N7O2/c1-17(2)34-23(19-13-8-5-9-14-19)21(18-11-6-4-7-12-18)22(25(34)31-3)26(36)33-20(24(28)35)15-10-16-32-27(29)30/h4-9,11-14,17,20,31H,10,15-16H2,1-3H3,(H2,28,35)(H,33,36)(H4,29,30,32). The van der Waals surface area contributed by atoms with Crippen LogP contribution in [-0.4, -0.2) is 42.0 Å². The smallest absolute Gasteiger partial charge is 0.256 e. The number of nitrogens with zero attached hydrogens (tertiary/aromatic N) is 2. The first kappa shape index (κ1) is 26.3. The van der Waals surface area contributed by atoms with Crippen molar-refractivity contribution < 1.29 is 9.59 Å². The Balaban J connectivity index is 2.16. The molecule has 1 heterocycles. The molecule has 9 nitrogen and oxygen atoms in total. The van der Waals surface area contributed by atoms with Crippen LogP contribution in [0.2, 0.25) is 0 Å². The van der Waals surface area contributed by atoms with E-state index in [2.05, 4.69) is 34.0 Å². The van der Waals surface area contributed by atoms with Crippen molar-refractivity contribution >= 4 is 23.6 Å². The molecule has 0 fully saturated rings. The van der Waals surface area contributed by atoms with Crippen molar-refractivity contribution in [2.45, 2.75) is 38.8 Å². The molecule has 1 unspecified atom stereocenters. The van der Waals surface area contributed by atoms with Gasteiger partial charge in [0.15, 0.2) is 5.96 Å². The Bertz CT molecular complexity index is 1210. The van der Waals surface area contributed by atoms with Gasteiger partial charge in [0.1, 0.15) is 11.9 Å². The highest BCUT2D eigenvalue weighted by Crippen LogP contribution is 2.43. The van der Waals surface area contributed by atoms with E-state index < -0.39 is 11.9 Å². The number of nitrogens with two attached hydrogens (primary N) is 3. The summed E-state index contributed by atoms with van der Waals surface area (Å²) in [6.45, 7) is 4.47. The highest BCUT2D eigenvalue weighted by atomic mass is 16.2. The van der Waals surface area contributed by atoms with E-state index >= 15 is 0 Å². The maximum absolute atomic E-state index is 13.9. The van der Waals surface area contributed by atoms with Crippen molar-refractivity contribution in [3.05, 3.63) is 66.2 Å². The van der Waals surface area contributed by atoms with Crippen molar-refractivity contribution in [3.63, 3.8) is 0 Å². The van der Waals surface area contributed by atoms with Gasteiger partial charge in [-0.25, -0.2) is 0 Å². The number of hydrogen-bond acceptors (Lipinski definition) is 4.